The van der Waals surface area contributed by atoms with Gasteiger partial charge in [0.15, 0.2) is 0 Å². The zero-order valence-corrected chi connectivity index (χ0v) is 17.1. The third-order valence-corrected chi connectivity index (χ3v) is 4.16. The molecule has 0 bridgehead atoms. The predicted molar refractivity (Wildman–Crippen MR) is 107 cm³/mol. The van der Waals surface area contributed by atoms with Crippen LogP contribution in [-0.4, -0.2) is 31.7 Å². The first-order valence-corrected chi connectivity index (χ1v) is 9.34. The summed E-state index contributed by atoms with van der Waals surface area (Å²) in [5.41, 5.74) is 0.684. The van der Waals surface area contributed by atoms with Crippen molar-refractivity contribution in [1.82, 2.24) is 25.5 Å². The Hall–Kier alpha value is -3.00. The van der Waals surface area contributed by atoms with E-state index in [9.17, 15) is 9.18 Å². The van der Waals surface area contributed by atoms with E-state index in [0.717, 1.165) is 0 Å². The van der Waals surface area contributed by atoms with Gasteiger partial charge in [-0.15, -0.1) is 10.2 Å². The molecule has 1 heterocycles. The van der Waals surface area contributed by atoms with E-state index in [4.69, 9.17) is 16.3 Å². The van der Waals surface area contributed by atoms with E-state index in [1.165, 1.54) is 10.9 Å². The molecule has 1 aromatic heterocycles. The van der Waals surface area contributed by atoms with Crippen molar-refractivity contribution in [2.75, 3.05) is 0 Å². The molecule has 0 saturated carbocycles. The first-order chi connectivity index (χ1) is 13.7. The van der Waals surface area contributed by atoms with Crippen LogP contribution in [0.1, 0.15) is 26.3 Å². The highest BCUT2D eigenvalue weighted by Crippen LogP contribution is 2.23. The molecule has 0 aliphatic heterocycles. The summed E-state index contributed by atoms with van der Waals surface area (Å²) in [5, 5.41) is 15.3. The predicted octanol–water partition coefficient (Wildman–Crippen LogP) is 3.63. The summed E-state index contributed by atoms with van der Waals surface area (Å²) in [7, 11) is 0. The van der Waals surface area contributed by atoms with Gasteiger partial charge in [0.05, 0.1) is 5.02 Å². The van der Waals surface area contributed by atoms with E-state index in [-0.39, 0.29) is 24.6 Å². The molecule has 1 amide bonds. The zero-order chi connectivity index (χ0) is 21.0. The number of benzene rings is 2. The Kier molecular flexibility index (Phi) is 6.12. The maximum Gasteiger partial charge on any atom is 0.244 e. The molecule has 0 spiro atoms. The van der Waals surface area contributed by atoms with Gasteiger partial charge in [0.2, 0.25) is 11.7 Å². The Morgan fingerprint density at radius 1 is 1.21 bits per heavy atom. The monoisotopic (exact) mass is 417 g/mol. The van der Waals surface area contributed by atoms with Gasteiger partial charge in [0.25, 0.3) is 0 Å². The lowest BCUT2D eigenvalue weighted by Crippen LogP contribution is -2.42. The Balaban J connectivity index is 1.62. The lowest BCUT2D eigenvalue weighted by molar-refractivity contribution is -0.123. The number of tetrazole rings is 1. The van der Waals surface area contributed by atoms with Crippen molar-refractivity contribution in [2.24, 2.45) is 0 Å². The number of nitrogens with zero attached hydrogens (tertiary/aromatic N) is 4. The highest BCUT2D eigenvalue weighted by Gasteiger charge is 2.15. The fourth-order valence-corrected chi connectivity index (χ4v) is 2.76. The average Bonchev–Trinajstić information content (AvgIpc) is 3.08. The first kappa shape index (κ1) is 20.7. The summed E-state index contributed by atoms with van der Waals surface area (Å²) in [6.45, 7) is 5.69. The van der Waals surface area contributed by atoms with Crippen LogP contribution in [0.2, 0.25) is 5.02 Å². The largest absolute Gasteiger partial charge is 0.489 e. The maximum atomic E-state index is 13.8. The minimum Gasteiger partial charge on any atom is -0.489 e. The van der Waals surface area contributed by atoms with Crippen LogP contribution in [0.5, 0.6) is 5.75 Å². The van der Waals surface area contributed by atoms with Crippen LogP contribution in [0, 0.1) is 5.82 Å². The van der Waals surface area contributed by atoms with Gasteiger partial charge >= 0.3 is 0 Å². The molecule has 0 unspecified atom stereocenters. The van der Waals surface area contributed by atoms with E-state index in [1.54, 1.807) is 36.4 Å². The standard InChI is InChI=1S/C20H21ClFN5O2/c1-20(2,3)23-18(28)11-27-25-19(24-26-27)13-7-9-14(10-8-13)29-12-15-16(21)5-4-6-17(15)22/h4-10H,11-12H2,1-3H3,(H,23,28). The fraction of sp³-hybridized carbons (Fsp3) is 0.300. The van der Waals surface area contributed by atoms with Crippen molar-refractivity contribution < 1.29 is 13.9 Å². The third-order valence-electron chi connectivity index (χ3n) is 3.81. The van der Waals surface area contributed by atoms with Crippen LogP contribution >= 0.6 is 11.6 Å². The number of nitrogens with one attached hydrogen (secondary N) is 1. The Morgan fingerprint density at radius 3 is 2.59 bits per heavy atom. The third kappa shape index (κ3) is 5.74. The number of rotatable bonds is 6. The molecule has 3 aromatic rings. The molecular formula is C20H21ClFN5O2. The second-order valence-corrected chi connectivity index (χ2v) is 7.86. The number of carbonyl (C=O) groups excluding carboxylic acids is 1. The van der Waals surface area contributed by atoms with Gasteiger partial charge in [-0.1, -0.05) is 17.7 Å². The smallest absolute Gasteiger partial charge is 0.244 e. The normalized spacial score (nSPS) is 11.3. The first-order valence-electron chi connectivity index (χ1n) is 8.96. The number of hydrogen-bond donors (Lipinski definition) is 1. The van der Waals surface area contributed by atoms with Crippen LogP contribution in [0.25, 0.3) is 11.4 Å². The second kappa shape index (κ2) is 8.57. The SMILES string of the molecule is CC(C)(C)NC(=O)Cn1nnc(-c2ccc(OCc3c(F)cccc3Cl)cc2)n1. The summed E-state index contributed by atoms with van der Waals surface area (Å²) >= 11 is 6.00. The highest BCUT2D eigenvalue weighted by molar-refractivity contribution is 6.31. The number of carbonyl (C=O) groups is 1. The van der Waals surface area contributed by atoms with E-state index in [0.29, 0.717) is 27.7 Å². The van der Waals surface area contributed by atoms with E-state index in [1.807, 2.05) is 20.8 Å². The summed E-state index contributed by atoms with van der Waals surface area (Å²) in [6, 6.07) is 11.5. The molecular weight excluding hydrogens is 397 g/mol. The Labute approximate surface area is 172 Å². The van der Waals surface area contributed by atoms with Gasteiger partial charge in [0, 0.05) is 16.7 Å². The minimum atomic E-state index is -0.412. The topological polar surface area (TPSA) is 81.9 Å². The van der Waals surface area contributed by atoms with Crippen LogP contribution in [0.3, 0.4) is 0 Å². The van der Waals surface area contributed by atoms with Gasteiger partial charge in [-0.05, 0) is 62.4 Å². The molecule has 9 heteroatoms. The summed E-state index contributed by atoms with van der Waals surface area (Å²) in [4.78, 5) is 13.2. The summed E-state index contributed by atoms with van der Waals surface area (Å²) < 4.78 is 19.4. The quantitative estimate of drug-likeness (QED) is 0.662. The molecule has 152 valence electrons. The van der Waals surface area contributed by atoms with E-state index in [2.05, 4.69) is 20.7 Å². The van der Waals surface area contributed by atoms with Gasteiger partial charge in [-0.25, -0.2) is 4.39 Å². The van der Waals surface area contributed by atoms with Crippen molar-refractivity contribution in [3.8, 4) is 17.1 Å². The number of ether oxygens (including phenoxy) is 1. The number of aromatic nitrogens is 4. The van der Waals surface area contributed by atoms with Crippen molar-refractivity contribution in [3.63, 3.8) is 0 Å². The molecule has 0 aliphatic carbocycles. The second-order valence-electron chi connectivity index (χ2n) is 7.45. The number of hydrogen-bond acceptors (Lipinski definition) is 5. The Morgan fingerprint density at radius 2 is 1.93 bits per heavy atom. The molecule has 0 aliphatic rings. The lowest BCUT2D eigenvalue weighted by atomic mass is 10.1. The molecule has 2 aromatic carbocycles. The maximum absolute atomic E-state index is 13.8. The van der Waals surface area contributed by atoms with E-state index < -0.39 is 5.82 Å². The van der Waals surface area contributed by atoms with Crippen LogP contribution in [0.4, 0.5) is 4.39 Å². The lowest BCUT2D eigenvalue weighted by Gasteiger charge is -2.19. The van der Waals surface area contributed by atoms with E-state index >= 15 is 0 Å². The fourth-order valence-electron chi connectivity index (χ4n) is 2.54. The van der Waals surface area contributed by atoms with Gasteiger partial charge in [-0.3, -0.25) is 4.79 Å². The minimum absolute atomic E-state index is 0.0160. The summed E-state index contributed by atoms with van der Waals surface area (Å²) in [6.07, 6.45) is 0. The molecule has 0 saturated heterocycles. The summed E-state index contributed by atoms with van der Waals surface area (Å²) in [5.74, 6) is 0.324. The van der Waals surface area contributed by atoms with Crippen molar-refractivity contribution >= 4 is 17.5 Å². The number of amides is 1. The van der Waals surface area contributed by atoms with Crippen LogP contribution in [-0.2, 0) is 17.9 Å². The highest BCUT2D eigenvalue weighted by atomic mass is 35.5. The molecule has 1 N–H and O–H groups in total. The average molecular weight is 418 g/mol. The van der Waals surface area contributed by atoms with Crippen LogP contribution in [0.15, 0.2) is 42.5 Å². The van der Waals surface area contributed by atoms with Gasteiger partial charge in [0.1, 0.15) is 24.7 Å². The van der Waals surface area contributed by atoms with Gasteiger partial charge < -0.3 is 10.1 Å². The Bertz CT molecular complexity index is 979. The van der Waals surface area contributed by atoms with Crippen molar-refractivity contribution in [2.45, 2.75) is 39.5 Å². The zero-order valence-electron chi connectivity index (χ0n) is 16.3. The van der Waals surface area contributed by atoms with Crippen molar-refractivity contribution in [3.05, 3.63) is 58.9 Å². The molecule has 0 atom stereocenters. The van der Waals surface area contributed by atoms with Gasteiger partial charge in [-0.2, -0.15) is 4.80 Å². The van der Waals surface area contributed by atoms with Crippen molar-refractivity contribution in [1.29, 1.82) is 0 Å². The molecule has 3 rings (SSSR count). The molecule has 29 heavy (non-hydrogen) atoms. The van der Waals surface area contributed by atoms with Crippen LogP contribution < -0.4 is 10.1 Å². The molecule has 0 radical (unpaired) electrons. The molecule has 7 nitrogen and oxygen atoms in total. The molecule has 0 fully saturated rings. The number of halogens is 2.